The van der Waals surface area contributed by atoms with Crippen LogP contribution in [0.1, 0.15) is 51.9 Å². The van der Waals surface area contributed by atoms with Gasteiger partial charge >= 0.3 is 11.9 Å². The lowest BCUT2D eigenvalue weighted by Gasteiger charge is -2.62. The van der Waals surface area contributed by atoms with Crippen LogP contribution in [0.4, 0.5) is 0 Å². The van der Waals surface area contributed by atoms with Gasteiger partial charge in [0.2, 0.25) is 0 Å². The molecule has 0 aromatic heterocycles. The van der Waals surface area contributed by atoms with Crippen LogP contribution in [0.15, 0.2) is 12.2 Å². The van der Waals surface area contributed by atoms with Crippen molar-refractivity contribution in [3.63, 3.8) is 0 Å². The second-order valence-corrected chi connectivity index (χ2v) is 7.92. The molecule has 2 N–H and O–H groups in total. The first-order valence-corrected chi connectivity index (χ1v) is 7.91. The Morgan fingerprint density at radius 3 is 2.24 bits per heavy atom. The third-order valence-corrected chi connectivity index (χ3v) is 6.46. The van der Waals surface area contributed by atoms with Gasteiger partial charge in [0.25, 0.3) is 0 Å². The second-order valence-electron chi connectivity index (χ2n) is 7.92. The van der Waals surface area contributed by atoms with Gasteiger partial charge in [-0.2, -0.15) is 0 Å². The van der Waals surface area contributed by atoms with Crippen LogP contribution in [0.5, 0.6) is 0 Å². The normalized spacial score (nSPS) is 41.8. The monoisotopic (exact) mass is 292 g/mol. The molecule has 116 valence electrons. The van der Waals surface area contributed by atoms with E-state index in [2.05, 4.69) is 13.5 Å². The van der Waals surface area contributed by atoms with Crippen LogP contribution in [-0.4, -0.2) is 22.2 Å². The molecule has 4 rings (SSSR count). The summed E-state index contributed by atoms with van der Waals surface area (Å²) >= 11 is 0. The fourth-order valence-corrected chi connectivity index (χ4v) is 5.83. The Morgan fingerprint density at radius 2 is 1.76 bits per heavy atom. The molecule has 4 bridgehead atoms. The first kappa shape index (κ1) is 14.6. The van der Waals surface area contributed by atoms with Crippen molar-refractivity contribution in [1.29, 1.82) is 0 Å². The van der Waals surface area contributed by atoms with E-state index in [1.54, 1.807) is 0 Å². The maximum atomic E-state index is 11.8. The molecular formula is C17H24O4. The highest BCUT2D eigenvalue weighted by atomic mass is 16.4. The molecule has 4 fully saturated rings. The average Bonchev–Trinajstić information content (AvgIpc) is 2.36. The van der Waals surface area contributed by atoms with Crippen molar-refractivity contribution in [2.45, 2.75) is 51.9 Å². The van der Waals surface area contributed by atoms with Gasteiger partial charge in [-0.15, -0.1) is 0 Å². The molecule has 4 heteroatoms. The molecule has 3 atom stereocenters. The third kappa shape index (κ3) is 2.19. The van der Waals surface area contributed by atoms with Crippen molar-refractivity contribution in [3.8, 4) is 0 Å². The molecule has 21 heavy (non-hydrogen) atoms. The van der Waals surface area contributed by atoms with Crippen LogP contribution in [0.2, 0.25) is 0 Å². The molecule has 0 saturated heterocycles. The van der Waals surface area contributed by atoms with Gasteiger partial charge in [0.1, 0.15) is 0 Å². The molecule has 0 radical (unpaired) electrons. The van der Waals surface area contributed by atoms with E-state index in [9.17, 15) is 14.7 Å². The van der Waals surface area contributed by atoms with Gasteiger partial charge in [-0.1, -0.05) is 13.5 Å². The first-order chi connectivity index (χ1) is 9.76. The summed E-state index contributed by atoms with van der Waals surface area (Å²) in [6, 6.07) is 0. The Morgan fingerprint density at radius 1 is 1.19 bits per heavy atom. The molecule has 0 aromatic rings. The van der Waals surface area contributed by atoms with E-state index in [-0.39, 0.29) is 16.9 Å². The molecule has 0 amide bonds. The number of carbonyl (C=O) groups is 2. The fraction of sp³-hybridized carbons (Fsp3) is 0.765. The zero-order valence-electron chi connectivity index (χ0n) is 12.6. The number of carboxylic acids is 2. The van der Waals surface area contributed by atoms with Crippen LogP contribution in [0.25, 0.3) is 0 Å². The van der Waals surface area contributed by atoms with Crippen molar-refractivity contribution in [1.82, 2.24) is 0 Å². The minimum atomic E-state index is -0.931. The first-order valence-electron chi connectivity index (χ1n) is 7.91. The SMILES string of the molecule is C=C(CC(C)C12CC3CC(CC(C(=O)O)(C3)C1)C2)C(=O)O. The molecule has 0 aliphatic heterocycles. The van der Waals surface area contributed by atoms with Gasteiger partial charge in [-0.3, -0.25) is 4.79 Å². The molecule has 0 aromatic carbocycles. The van der Waals surface area contributed by atoms with Gasteiger partial charge in [0.05, 0.1) is 5.41 Å². The van der Waals surface area contributed by atoms with E-state index in [1.807, 2.05) is 0 Å². The molecule has 0 spiro atoms. The minimum absolute atomic E-state index is 0.0147. The standard InChI is InChI=1S/C17H24O4/c1-10(14(18)19)3-11(2)16-5-12-4-13(6-16)8-17(7-12,9-16)15(20)21/h11-13H,1,3-9H2,2H3,(H,18,19)(H,20,21). The minimum Gasteiger partial charge on any atom is -0.481 e. The fourth-order valence-electron chi connectivity index (χ4n) is 5.83. The van der Waals surface area contributed by atoms with Crippen LogP contribution in [0.3, 0.4) is 0 Å². The van der Waals surface area contributed by atoms with Crippen LogP contribution in [-0.2, 0) is 9.59 Å². The summed E-state index contributed by atoms with van der Waals surface area (Å²) in [5.41, 5.74) is -0.272. The van der Waals surface area contributed by atoms with Gasteiger partial charge in [-0.25, -0.2) is 4.79 Å². The number of rotatable bonds is 5. The van der Waals surface area contributed by atoms with Gasteiger partial charge in [0, 0.05) is 5.57 Å². The summed E-state index contributed by atoms with van der Waals surface area (Å²) < 4.78 is 0. The predicted molar refractivity (Wildman–Crippen MR) is 77.7 cm³/mol. The largest absolute Gasteiger partial charge is 0.481 e. The zero-order chi connectivity index (χ0) is 15.4. The van der Waals surface area contributed by atoms with Gasteiger partial charge in [0.15, 0.2) is 0 Å². The van der Waals surface area contributed by atoms with E-state index in [4.69, 9.17) is 5.11 Å². The zero-order valence-corrected chi connectivity index (χ0v) is 12.6. The number of carboxylic acid groups (broad SMARTS) is 2. The molecular weight excluding hydrogens is 268 g/mol. The number of hydrogen-bond acceptors (Lipinski definition) is 2. The van der Waals surface area contributed by atoms with E-state index in [1.165, 1.54) is 6.42 Å². The predicted octanol–water partition coefficient (Wildman–Crippen LogP) is 3.32. The van der Waals surface area contributed by atoms with Crippen molar-refractivity contribution in [2.75, 3.05) is 0 Å². The summed E-state index contributed by atoms with van der Waals surface area (Å²) in [6.07, 6.45) is 6.18. The molecule has 3 unspecified atom stereocenters. The Bertz CT molecular complexity index is 493. The lowest BCUT2D eigenvalue weighted by atomic mass is 9.41. The highest BCUT2D eigenvalue weighted by Gasteiger charge is 2.61. The van der Waals surface area contributed by atoms with Crippen LogP contribution in [0, 0.1) is 28.6 Å². The van der Waals surface area contributed by atoms with E-state index >= 15 is 0 Å². The quantitative estimate of drug-likeness (QED) is 0.762. The maximum Gasteiger partial charge on any atom is 0.330 e. The average molecular weight is 292 g/mol. The lowest BCUT2D eigenvalue weighted by molar-refractivity contribution is -0.180. The highest BCUT2D eigenvalue weighted by Crippen LogP contribution is 2.68. The van der Waals surface area contributed by atoms with Crippen molar-refractivity contribution in [2.24, 2.45) is 28.6 Å². The van der Waals surface area contributed by atoms with Crippen molar-refractivity contribution < 1.29 is 19.8 Å². The number of hydrogen-bond donors (Lipinski definition) is 2. The molecule has 4 saturated carbocycles. The summed E-state index contributed by atoms with van der Waals surface area (Å²) in [7, 11) is 0. The Labute approximate surface area is 125 Å². The molecule has 4 aliphatic carbocycles. The Hall–Kier alpha value is -1.32. The number of aliphatic carboxylic acids is 2. The second kappa shape index (κ2) is 4.59. The van der Waals surface area contributed by atoms with E-state index < -0.39 is 17.4 Å². The van der Waals surface area contributed by atoms with Crippen LogP contribution < -0.4 is 0 Å². The van der Waals surface area contributed by atoms with Crippen molar-refractivity contribution in [3.05, 3.63) is 12.2 Å². The van der Waals surface area contributed by atoms with E-state index in [0.717, 1.165) is 32.1 Å². The molecule has 4 aliphatic rings. The van der Waals surface area contributed by atoms with Gasteiger partial charge in [-0.05, 0) is 68.1 Å². The third-order valence-electron chi connectivity index (χ3n) is 6.46. The summed E-state index contributed by atoms with van der Waals surface area (Å²) in [5.74, 6) is -0.332. The Balaban J connectivity index is 1.86. The smallest absolute Gasteiger partial charge is 0.330 e. The van der Waals surface area contributed by atoms with Crippen LogP contribution >= 0.6 is 0 Å². The molecule has 4 nitrogen and oxygen atoms in total. The highest BCUT2D eigenvalue weighted by molar-refractivity contribution is 5.85. The topological polar surface area (TPSA) is 74.6 Å². The lowest BCUT2D eigenvalue weighted by Crippen LogP contribution is -2.56. The van der Waals surface area contributed by atoms with E-state index in [0.29, 0.717) is 18.3 Å². The van der Waals surface area contributed by atoms with Gasteiger partial charge < -0.3 is 10.2 Å². The summed E-state index contributed by atoms with van der Waals surface area (Å²) in [4.78, 5) is 22.9. The Kier molecular flexibility index (Phi) is 3.19. The summed E-state index contributed by atoms with van der Waals surface area (Å²) in [6.45, 7) is 5.75. The summed E-state index contributed by atoms with van der Waals surface area (Å²) in [5, 5.41) is 18.8. The maximum absolute atomic E-state index is 11.8. The molecule has 0 heterocycles. The van der Waals surface area contributed by atoms with Crippen molar-refractivity contribution >= 4 is 11.9 Å².